The smallest absolute Gasteiger partial charge is 0.134 e. The lowest BCUT2D eigenvalue weighted by molar-refractivity contribution is 0.198. The fourth-order valence-corrected chi connectivity index (χ4v) is 1.63. The van der Waals surface area contributed by atoms with E-state index in [2.05, 4.69) is 5.32 Å². The van der Waals surface area contributed by atoms with E-state index >= 15 is 0 Å². The second kappa shape index (κ2) is 7.94. The maximum Gasteiger partial charge on any atom is 0.134 e. The molecule has 2 rings (SSSR count). The molecule has 0 fully saturated rings. The van der Waals surface area contributed by atoms with E-state index in [0.717, 1.165) is 23.6 Å². The lowest BCUT2D eigenvalue weighted by Gasteiger charge is -2.01. The van der Waals surface area contributed by atoms with E-state index < -0.39 is 0 Å². The van der Waals surface area contributed by atoms with Gasteiger partial charge in [-0.05, 0) is 36.4 Å². The van der Waals surface area contributed by atoms with E-state index in [1.54, 1.807) is 19.2 Å². The summed E-state index contributed by atoms with van der Waals surface area (Å²) in [5.41, 5.74) is 0.875. The molecule has 0 unspecified atom stereocenters. The highest BCUT2D eigenvalue weighted by atomic mass is 35.5. The zero-order chi connectivity index (χ0) is 12.8. The van der Waals surface area contributed by atoms with Crippen LogP contribution in [0.25, 0.3) is 11.3 Å². The summed E-state index contributed by atoms with van der Waals surface area (Å²) in [6.07, 6.45) is 0. The Morgan fingerprint density at radius 2 is 1.89 bits per heavy atom. The monoisotopic (exact) mass is 285 g/mol. The number of methoxy groups -OCH3 is 1. The van der Waals surface area contributed by atoms with Crippen molar-refractivity contribution in [1.82, 2.24) is 5.32 Å². The lowest BCUT2D eigenvalue weighted by Crippen LogP contribution is -2.18. The van der Waals surface area contributed by atoms with Crippen LogP contribution in [0.1, 0.15) is 5.76 Å². The Morgan fingerprint density at radius 1 is 1.16 bits per heavy atom. The summed E-state index contributed by atoms with van der Waals surface area (Å²) in [7, 11) is 1.67. The van der Waals surface area contributed by atoms with Crippen molar-refractivity contribution in [2.75, 3.05) is 20.3 Å². The Bertz CT molecular complexity index is 484. The van der Waals surface area contributed by atoms with Crippen molar-refractivity contribution in [3.05, 3.63) is 48.0 Å². The van der Waals surface area contributed by atoms with Crippen molar-refractivity contribution in [3.63, 3.8) is 0 Å². The quantitative estimate of drug-likeness (QED) is 0.828. The van der Waals surface area contributed by atoms with Crippen molar-refractivity contribution < 1.29 is 13.5 Å². The van der Waals surface area contributed by atoms with Crippen LogP contribution in [0.4, 0.5) is 4.39 Å². The molecule has 0 atom stereocenters. The molecular formula is C14H17ClFNO2. The average Bonchev–Trinajstić information content (AvgIpc) is 2.84. The van der Waals surface area contributed by atoms with Gasteiger partial charge in [-0.15, -0.1) is 12.4 Å². The van der Waals surface area contributed by atoms with Crippen LogP contribution in [0, 0.1) is 5.82 Å². The summed E-state index contributed by atoms with van der Waals surface area (Å²) in [6.45, 7) is 2.11. The van der Waals surface area contributed by atoms with Gasteiger partial charge >= 0.3 is 0 Å². The van der Waals surface area contributed by atoms with Crippen molar-refractivity contribution in [2.24, 2.45) is 0 Å². The summed E-state index contributed by atoms with van der Waals surface area (Å²) < 4.78 is 23.4. The first-order valence-corrected chi connectivity index (χ1v) is 5.84. The van der Waals surface area contributed by atoms with Gasteiger partial charge in [0, 0.05) is 19.2 Å². The standard InChI is InChI=1S/C14H16FNO2.ClH/c1-17-9-8-16-10-13-6-7-14(18-13)11-2-4-12(15)5-3-11;/h2-7,16H,8-10H2,1H3;1H. The molecule has 0 saturated heterocycles. The van der Waals surface area contributed by atoms with Crippen molar-refractivity contribution >= 4 is 12.4 Å². The zero-order valence-electron chi connectivity index (χ0n) is 10.7. The molecule has 1 N–H and O–H groups in total. The summed E-state index contributed by atoms with van der Waals surface area (Å²) in [5, 5.41) is 3.20. The number of ether oxygens (including phenoxy) is 1. The van der Waals surface area contributed by atoms with Crippen LogP contribution in [0.5, 0.6) is 0 Å². The van der Waals surface area contributed by atoms with Gasteiger partial charge in [0.2, 0.25) is 0 Å². The lowest BCUT2D eigenvalue weighted by atomic mass is 10.2. The predicted octanol–water partition coefficient (Wildman–Crippen LogP) is 3.24. The molecule has 0 amide bonds. The minimum atomic E-state index is -0.244. The maximum atomic E-state index is 12.8. The number of hydrogen-bond donors (Lipinski definition) is 1. The van der Waals surface area contributed by atoms with Crippen molar-refractivity contribution in [1.29, 1.82) is 0 Å². The van der Waals surface area contributed by atoms with E-state index in [9.17, 15) is 4.39 Å². The second-order valence-corrected chi connectivity index (χ2v) is 3.94. The number of hydrogen-bond acceptors (Lipinski definition) is 3. The summed E-state index contributed by atoms with van der Waals surface area (Å²) in [5.74, 6) is 1.36. The summed E-state index contributed by atoms with van der Waals surface area (Å²) in [6, 6.07) is 10.1. The van der Waals surface area contributed by atoms with E-state index in [1.165, 1.54) is 12.1 Å². The molecule has 5 heteroatoms. The van der Waals surface area contributed by atoms with Gasteiger partial charge in [-0.1, -0.05) is 0 Å². The van der Waals surface area contributed by atoms with E-state index in [-0.39, 0.29) is 18.2 Å². The molecule has 19 heavy (non-hydrogen) atoms. The minimum absolute atomic E-state index is 0. The number of furan rings is 1. The van der Waals surface area contributed by atoms with Gasteiger partial charge in [-0.25, -0.2) is 4.39 Å². The van der Waals surface area contributed by atoms with Gasteiger partial charge < -0.3 is 14.5 Å². The highest BCUT2D eigenvalue weighted by molar-refractivity contribution is 5.85. The topological polar surface area (TPSA) is 34.4 Å². The van der Waals surface area contributed by atoms with E-state index in [4.69, 9.17) is 9.15 Å². The largest absolute Gasteiger partial charge is 0.460 e. The number of benzene rings is 1. The third-order valence-corrected chi connectivity index (χ3v) is 2.57. The van der Waals surface area contributed by atoms with Gasteiger partial charge in [-0.2, -0.15) is 0 Å². The fourth-order valence-electron chi connectivity index (χ4n) is 1.63. The first-order valence-electron chi connectivity index (χ1n) is 5.84. The van der Waals surface area contributed by atoms with Crippen LogP contribution in [0.3, 0.4) is 0 Å². The number of rotatable bonds is 6. The predicted molar refractivity (Wildman–Crippen MR) is 74.9 cm³/mol. The molecule has 0 bridgehead atoms. The zero-order valence-corrected chi connectivity index (χ0v) is 11.5. The van der Waals surface area contributed by atoms with Gasteiger partial charge in [0.15, 0.2) is 0 Å². The summed E-state index contributed by atoms with van der Waals surface area (Å²) >= 11 is 0. The van der Waals surface area contributed by atoms with Crippen LogP contribution in [-0.2, 0) is 11.3 Å². The molecular weight excluding hydrogens is 269 g/mol. The molecule has 1 aromatic heterocycles. The van der Waals surface area contributed by atoms with Crippen LogP contribution in [-0.4, -0.2) is 20.3 Å². The average molecular weight is 286 g/mol. The molecule has 0 aliphatic rings. The van der Waals surface area contributed by atoms with Crippen molar-refractivity contribution in [3.8, 4) is 11.3 Å². The Labute approximate surface area is 118 Å². The molecule has 1 aromatic carbocycles. The molecule has 3 nitrogen and oxygen atoms in total. The Hall–Kier alpha value is -1.36. The molecule has 0 radical (unpaired) electrons. The normalized spacial score (nSPS) is 10.2. The first kappa shape index (κ1) is 15.7. The molecule has 0 aliphatic heterocycles. The molecule has 0 aliphatic carbocycles. The van der Waals surface area contributed by atoms with Crippen LogP contribution < -0.4 is 5.32 Å². The number of halogens is 2. The first-order chi connectivity index (χ1) is 8.79. The second-order valence-electron chi connectivity index (χ2n) is 3.94. The highest BCUT2D eigenvalue weighted by Crippen LogP contribution is 2.22. The van der Waals surface area contributed by atoms with Crippen LogP contribution >= 0.6 is 12.4 Å². The Morgan fingerprint density at radius 3 is 2.58 bits per heavy atom. The maximum absolute atomic E-state index is 12.8. The van der Waals surface area contributed by atoms with Gasteiger partial charge in [0.25, 0.3) is 0 Å². The third-order valence-electron chi connectivity index (χ3n) is 2.57. The fraction of sp³-hybridized carbons (Fsp3) is 0.286. The van der Waals surface area contributed by atoms with Gasteiger partial charge in [0.05, 0.1) is 13.2 Å². The highest BCUT2D eigenvalue weighted by Gasteiger charge is 2.04. The molecule has 104 valence electrons. The molecule has 0 spiro atoms. The molecule has 1 heterocycles. The van der Waals surface area contributed by atoms with E-state index in [0.29, 0.717) is 13.2 Å². The van der Waals surface area contributed by atoms with Crippen LogP contribution in [0.2, 0.25) is 0 Å². The number of nitrogens with one attached hydrogen (secondary N) is 1. The van der Waals surface area contributed by atoms with Crippen molar-refractivity contribution in [2.45, 2.75) is 6.54 Å². The van der Waals surface area contributed by atoms with Crippen LogP contribution in [0.15, 0.2) is 40.8 Å². The summed E-state index contributed by atoms with van der Waals surface area (Å²) in [4.78, 5) is 0. The molecule has 0 saturated carbocycles. The Kier molecular flexibility index (Phi) is 6.56. The molecule has 2 aromatic rings. The van der Waals surface area contributed by atoms with E-state index in [1.807, 2.05) is 12.1 Å². The third kappa shape index (κ3) is 4.67. The Balaban J connectivity index is 0.00000180. The van der Waals surface area contributed by atoms with Gasteiger partial charge in [-0.3, -0.25) is 0 Å². The SMILES string of the molecule is COCCNCc1ccc(-c2ccc(F)cc2)o1.Cl. The minimum Gasteiger partial charge on any atom is -0.460 e. The van der Waals surface area contributed by atoms with Gasteiger partial charge in [0.1, 0.15) is 17.3 Å².